The third-order valence-electron chi connectivity index (χ3n) is 6.19. The second-order valence-electron chi connectivity index (χ2n) is 8.55. The Hall–Kier alpha value is -3.26. The van der Waals surface area contributed by atoms with Gasteiger partial charge in [0.25, 0.3) is 5.91 Å². The summed E-state index contributed by atoms with van der Waals surface area (Å²) in [5, 5.41) is 3.53. The van der Waals surface area contributed by atoms with Crippen molar-refractivity contribution >= 4 is 39.9 Å². The second kappa shape index (κ2) is 9.31. The Labute approximate surface area is 196 Å². The number of nitrogens with zero attached hydrogens (tertiary/aromatic N) is 3. The minimum atomic E-state index is -0.618. The van der Waals surface area contributed by atoms with Gasteiger partial charge in [0.15, 0.2) is 6.61 Å². The zero-order valence-corrected chi connectivity index (χ0v) is 19.7. The maximum atomic E-state index is 12.7. The van der Waals surface area contributed by atoms with E-state index in [1.54, 1.807) is 44.4 Å². The molecule has 1 fully saturated rings. The maximum Gasteiger partial charge on any atom is 0.316 e. The van der Waals surface area contributed by atoms with Crippen LogP contribution in [-0.4, -0.2) is 34.7 Å². The molecule has 0 atom stereocenters. The molecule has 33 heavy (non-hydrogen) atoms. The van der Waals surface area contributed by atoms with Crippen LogP contribution in [0.15, 0.2) is 46.0 Å². The average Bonchev–Trinajstić information content (AvgIpc) is 2.81. The van der Waals surface area contributed by atoms with Crippen molar-refractivity contribution in [1.82, 2.24) is 9.13 Å². The summed E-state index contributed by atoms with van der Waals surface area (Å²) in [7, 11) is 3.15. The van der Waals surface area contributed by atoms with Crippen molar-refractivity contribution in [3.8, 4) is 5.75 Å². The fraction of sp³-hybridized carbons (Fsp3) is 0.375. The Balaban J connectivity index is 1.69. The van der Waals surface area contributed by atoms with E-state index >= 15 is 0 Å². The molecule has 9 heteroatoms. The molecule has 2 aromatic carbocycles. The zero-order valence-electron chi connectivity index (χ0n) is 18.9. The zero-order chi connectivity index (χ0) is 23.7. The largest absolute Gasteiger partial charge is 0.484 e. The smallest absolute Gasteiger partial charge is 0.316 e. The molecule has 1 saturated heterocycles. The summed E-state index contributed by atoms with van der Waals surface area (Å²) in [5.74, 6) is 0.846. The molecular formula is C24H27ClN4O4. The van der Waals surface area contributed by atoms with Gasteiger partial charge in [-0.1, -0.05) is 18.5 Å². The molecule has 1 N–H and O–H groups in total. The van der Waals surface area contributed by atoms with E-state index in [0.717, 1.165) is 31.6 Å². The first-order chi connectivity index (χ1) is 15.7. The third kappa shape index (κ3) is 4.75. The van der Waals surface area contributed by atoms with Crippen LogP contribution in [0.3, 0.4) is 0 Å². The Morgan fingerprint density at radius 3 is 2.21 bits per heavy atom. The lowest BCUT2D eigenvalue weighted by Crippen LogP contribution is -2.39. The summed E-state index contributed by atoms with van der Waals surface area (Å²) >= 11 is 5.89. The highest BCUT2D eigenvalue weighted by molar-refractivity contribution is 6.30. The van der Waals surface area contributed by atoms with E-state index in [4.69, 9.17) is 16.3 Å². The number of aryl methyl sites for hydroxylation is 2. The Morgan fingerprint density at radius 2 is 1.61 bits per heavy atom. The van der Waals surface area contributed by atoms with Crippen LogP contribution < -0.4 is 26.1 Å². The summed E-state index contributed by atoms with van der Waals surface area (Å²) in [5.41, 5.74) is 1.39. The summed E-state index contributed by atoms with van der Waals surface area (Å²) < 4.78 is 8.26. The van der Waals surface area contributed by atoms with Crippen molar-refractivity contribution in [1.29, 1.82) is 0 Å². The number of nitrogens with one attached hydrogen (secondary N) is 1. The van der Waals surface area contributed by atoms with Gasteiger partial charge in [0, 0.05) is 32.2 Å². The molecule has 3 aromatic rings. The normalized spacial score (nSPS) is 14.5. The second-order valence-corrected chi connectivity index (χ2v) is 8.98. The Bertz CT molecular complexity index is 1310. The summed E-state index contributed by atoms with van der Waals surface area (Å²) in [6.45, 7) is 3.74. The topological polar surface area (TPSA) is 85.6 Å². The van der Waals surface area contributed by atoms with E-state index in [9.17, 15) is 14.4 Å². The molecule has 0 unspecified atom stereocenters. The van der Waals surface area contributed by atoms with Gasteiger partial charge >= 0.3 is 11.1 Å². The lowest BCUT2D eigenvalue weighted by molar-refractivity contribution is -0.118. The van der Waals surface area contributed by atoms with Gasteiger partial charge in [-0.15, -0.1) is 0 Å². The molecule has 1 aromatic heterocycles. The quantitative estimate of drug-likeness (QED) is 0.579. The molecule has 4 rings (SSSR count). The predicted molar refractivity (Wildman–Crippen MR) is 131 cm³/mol. The highest BCUT2D eigenvalue weighted by Gasteiger charge is 2.22. The molecule has 0 aliphatic carbocycles. The fourth-order valence-corrected chi connectivity index (χ4v) is 4.21. The standard InChI is InChI=1S/C24H27ClN4O4/c1-15-8-10-29(11-9-15)19-13-21-20(27(2)23(31)24(32)28(21)3)12-18(19)26-22(30)14-33-17-6-4-16(25)5-7-17/h4-7,12-13,15H,8-11,14H2,1-3H3,(H,26,30). The van der Waals surface area contributed by atoms with Crippen molar-refractivity contribution in [3.05, 3.63) is 62.1 Å². The van der Waals surface area contributed by atoms with E-state index in [-0.39, 0.29) is 12.5 Å². The van der Waals surface area contributed by atoms with Crippen molar-refractivity contribution in [2.75, 3.05) is 29.9 Å². The van der Waals surface area contributed by atoms with E-state index in [0.29, 0.717) is 33.4 Å². The van der Waals surface area contributed by atoms with Crippen LogP contribution in [0.2, 0.25) is 5.02 Å². The van der Waals surface area contributed by atoms with Gasteiger partial charge in [-0.3, -0.25) is 14.4 Å². The van der Waals surface area contributed by atoms with Crippen LogP contribution in [0.4, 0.5) is 11.4 Å². The molecular weight excluding hydrogens is 444 g/mol. The fourth-order valence-electron chi connectivity index (χ4n) is 4.09. The van der Waals surface area contributed by atoms with Crippen LogP contribution in [0.5, 0.6) is 5.75 Å². The lowest BCUT2D eigenvalue weighted by Gasteiger charge is -2.33. The van der Waals surface area contributed by atoms with Gasteiger partial charge in [-0.25, -0.2) is 0 Å². The molecule has 0 radical (unpaired) electrons. The van der Waals surface area contributed by atoms with Crippen molar-refractivity contribution in [2.45, 2.75) is 19.8 Å². The number of hydrogen-bond donors (Lipinski definition) is 1. The molecule has 1 aliphatic rings. The van der Waals surface area contributed by atoms with Gasteiger partial charge in [-0.2, -0.15) is 0 Å². The molecule has 1 aliphatic heterocycles. The van der Waals surface area contributed by atoms with E-state index < -0.39 is 11.1 Å². The number of hydrogen-bond acceptors (Lipinski definition) is 5. The number of anilines is 2. The number of halogens is 1. The number of fused-ring (bicyclic) bond motifs is 1. The molecule has 0 spiro atoms. The minimum Gasteiger partial charge on any atom is -0.484 e. The van der Waals surface area contributed by atoms with Crippen LogP contribution in [-0.2, 0) is 18.9 Å². The third-order valence-corrected chi connectivity index (χ3v) is 6.44. The van der Waals surface area contributed by atoms with Gasteiger partial charge in [0.05, 0.1) is 22.4 Å². The number of benzene rings is 2. The summed E-state index contributed by atoms with van der Waals surface area (Å²) in [6.07, 6.45) is 2.08. The molecule has 0 saturated carbocycles. The SMILES string of the molecule is CC1CCN(c2cc3c(cc2NC(=O)COc2ccc(Cl)cc2)n(C)c(=O)c(=O)n3C)CC1. The summed E-state index contributed by atoms with van der Waals surface area (Å²) in [4.78, 5) is 39.7. The Morgan fingerprint density at radius 1 is 1.03 bits per heavy atom. The Kier molecular flexibility index (Phi) is 6.47. The van der Waals surface area contributed by atoms with Crippen LogP contribution in [0.25, 0.3) is 11.0 Å². The van der Waals surface area contributed by atoms with Gasteiger partial charge in [-0.05, 0) is 55.2 Å². The molecule has 174 valence electrons. The monoisotopic (exact) mass is 470 g/mol. The number of ether oxygens (including phenoxy) is 1. The van der Waals surface area contributed by atoms with Crippen LogP contribution in [0.1, 0.15) is 19.8 Å². The van der Waals surface area contributed by atoms with E-state index in [2.05, 4.69) is 17.1 Å². The highest BCUT2D eigenvalue weighted by atomic mass is 35.5. The number of aromatic nitrogens is 2. The average molecular weight is 471 g/mol. The number of carbonyl (C=O) groups excluding carboxylic acids is 1. The predicted octanol–water partition coefficient (Wildman–Crippen LogP) is 3.14. The van der Waals surface area contributed by atoms with Gasteiger partial charge < -0.3 is 24.1 Å². The van der Waals surface area contributed by atoms with E-state index in [1.165, 1.54) is 9.13 Å². The molecule has 2 heterocycles. The van der Waals surface area contributed by atoms with Crippen molar-refractivity contribution < 1.29 is 9.53 Å². The number of rotatable bonds is 5. The molecule has 1 amide bonds. The van der Waals surface area contributed by atoms with Crippen molar-refractivity contribution in [2.24, 2.45) is 20.0 Å². The molecule has 8 nitrogen and oxygen atoms in total. The van der Waals surface area contributed by atoms with Crippen LogP contribution >= 0.6 is 11.6 Å². The summed E-state index contributed by atoms with van der Waals surface area (Å²) in [6, 6.07) is 10.4. The first kappa shape index (κ1) is 22.9. The highest BCUT2D eigenvalue weighted by Crippen LogP contribution is 2.33. The minimum absolute atomic E-state index is 0.178. The lowest BCUT2D eigenvalue weighted by atomic mass is 9.98. The first-order valence-corrected chi connectivity index (χ1v) is 11.3. The van der Waals surface area contributed by atoms with E-state index in [1.807, 2.05) is 6.07 Å². The van der Waals surface area contributed by atoms with Crippen LogP contribution in [0, 0.1) is 5.92 Å². The number of piperidine rings is 1. The van der Waals surface area contributed by atoms with Gasteiger partial charge in [0.1, 0.15) is 5.75 Å². The molecule has 0 bridgehead atoms. The van der Waals surface area contributed by atoms with Crippen molar-refractivity contribution in [3.63, 3.8) is 0 Å². The van der Waals surface area contributed by atoms with Gasteiger partial charge in [0.2, 0.25) is 0 Å². The number of carbonyl (C=O) groups is 1. The number of amides is 1. The maximum absolute atomic E-state index is 12.7. The first-order valence-electron chi connectivity index (χ1n) is 10.9.